The number of carboxylic acids is 1. The number of aliphatic carboxylic acids is 1. The first-order valence-corrected chi connectivity index (χ1v) is 10.8. The Labute approximate surface area is 179 Å². The number of piperazine rings is 1. The number of imidazole rings is 1. The zero-order valence-electron chi connectivity index (χ0n) is 17.7. The van der Waals surface area contributed by atoms with Gasteiger partial charge in [-0.25, -0.2) is 4.79 Å². The van der Waals surface area contributed by atoms with Gasteiger partial charge >= 0.3 is 11.7 Å². The number of aromatic nitrogens is 2. The smallest absolute Gasteiger partial charge is 0.329 e. The highest BCUT2D eigenvalue weighted by molar-refractivity contribution is 6.03. The van der Waals surface area contributed by atoms with Gasteiger partial charge in [0.05, 0.1) is 23.5 Å². The van der Waals surface area contributed by atoms with Crippen LogP contribution in [0.2, 0.25) is 0 Å². The van der Waals surface area contributed by atoms with Crippen LogP contribution in [0.25, 0.3) is 11.0 Å². The molecule has 31 heavy (non-hydrogen) atoms. The van der Waals surface area contributed by atoms with Gasteiger partial charge in [-0.3, -0.25) is 28.4 Å². The molecule has 1 N–H and O–H groups in total. The standard InChI is InChI=1S/C22H28N4O5/c1-23-19-13-15(25-11-9-24(10-12-25)8-2-3-21(29)30)4-6-17(19)26(22(23)31)18-7-5-16(27)14-20(18)28/h4,6,13,18H,2-3,5,7-12,14H2,1H3,(H,29,30). The first-order valence-electron chi connectivity index (χ1n) is 10.8. The van der Waals surface area contributed by atoms with Crippen molar-refractivity contribution in [2.75, 3.05) is 37.6 Å². The minimum Gasteiger partial charge on any atom is -0.481 e. The summed E-state index contributed by atoms with van der Waals surface area (Å²) in [6.45, 7) is 4.17. The summed E-state index contributed by atoms with van der Waals surface area (Å²) >= 11 is 0. The first kappa shape index (κ1) is 21.3. The lowest BCUT2D eigenvalue weighted by Crippen LogP contribution is -2.46. The molecule has 1 saturated heterocycles. The van der Waals surface area contributed by atoms with Crippen LogP contribution in [-0.2, 0) is 21.4 Å². The van der Waals surface area contributed by atoms with E-state index in [-0.39, 0.29) is 30.1 Å². The number of Topliss-reactive ketones (excluding diaryl/α,β-unsaturated/α-hetero) is 2. The quantitative estimate of drug-likeness (QED) is 0.689. The fourth-order valence-electron chi connectivity index (χ4n) is 4.67. The second-order valence-corrected chi connectivity index (χ2v) is 8.45. The van der Waals surface area contributed by atoms with E-state index in [2.05, 4.69) is 9.80 Å². The van der Waals surface area contributed by atoms with Crippen molar-refractivity contribution in [2.24, 2.45) is 7.05 Å². The predicted octanol–water partition coefficient (Wildman–Crippen LogP) is 1.19. The Morgan fingerprint density at radius 1 is 1.10 bits per heavy atom. The van der Waals surface area contributed by atoms with E-state index < -0.39 is 12.0 Å². The molecule has 9 nitrogen and oxygen atoms in total. The second kappa shape index (κ2) is 8.66. The molecule has 2 heterocycles. The molecule has 9 heteroatoms. The molecule has 1 atom stereocenters. The van der Waals surface area contributed by atoms with E-state index in [1.807, 2.05) is 18.2 Å². The lowest BCUT2D eigenvalue weighted by atomic mass is 9.93. The highest BCUT2D eigenvalue weighted by Gasteiger charge is 2.31. The number of aryl methyl sites for hydroxylation is 1. The number of carboxylic acid groups (broad SMARTS) is 1. The van der Waals surface area contributed by atoms with Crippen LogP contribution in [0.1, 0.15) is 38.1 Å². The molecular weight excluding hydrogens is 400 g/mol. The van der Waals surface area contributed by atoms with Crippen molar-refractivity contribution in [3.05, 3.63) is 28.7 Å². The average molecular weight is 428 g/mol. The van der Waals surface area contributed by atoms with Gasteiger partial charge < -0.3 is 10.0 Å². The van der Waals surface area contributed by atoms with Gasteiger partial charge in [-0.15, -0.1) is 0 Å². The third kappa shape index (κ3) is 4.27. The van der Waals surface area contributed by atoms with Crippen molar-refractivity contribution in [2.45, 2.75) is 38.1 Å². The molecule has 1 unspecified atom stereocenters. The van der Waals surface area contributed by atoms with Crippen molar-refractivity contribution in [1.82, 2.24) is 14.0 Å². The van der Waals surface area contributed by atoms with E-state index in [0.717, 1.165) is 49.4 Å². The van der Waals surface area contributed by atoms with Gasteiger partial charge in [-0.1, -0.05) is 0 Å². The number of hydrogen-bond donors (Lipinski definition) is 1. The molecule has 1 saturated carbocycles. The van der Waals surface area contributed by atoms with Crippen molar-refractivity contribution >= 4 is 34.3 Å². The lowest BCUT2D eigenvalue weighted by Gasteiger charge is -2.36. The zero-order valence-corrected chi connectivity index (χ0v) is 17.7. The maximum Gasteiger partial charge on any atom is 0.329 e. The second-order valence-electron chi connectivity index (χ2n) is 8.45. The molecule has 2 aromatic rings. The molecule has 0 spiro atoms. The van der Waals surface area contributed by atoms with Gasteiger partial charge in [0, 0.05) is 51.8 Å². The number of fused-ring (bicyclic) bond motifs is 1. The Morgan fingerprint density at radius 3 is 2.52 bits per heavy atom. The van der Waals surface area contributed by atoms with E-state index in [1.165, 1.54) is 0 Å². The highest BCUT2D eigenvalue weighted by Crippen LogP contribution is 2.28. The number of ketones is 2. The van der Waals surface area contributed by atoms with Gasteiger partial charge in [0.1, 0.15) is 5.78 Å². The fraction of sp³-hybridized carbons (Fsp3) is 0.545. The number of benzene rings is 1. The van der Waals surface area contributed by atoms with Crippen LogP contribution in [-0.4, -0.2) is 69.4 Å². The number of anilines is 1. The Balaban J connectivity index is 1.51. The zero-order chi connectivity index (χ0) is 22.1. The molecule has 4 rings (SSSR count). The molecule has 0 amide bonds. The number of rotatable bonds is 6. The number of carbonyl (C=O) groups is 3. The van der Waals surface area contributed by atoms with Crippen LogP contribution in [0, 0.1) is 0 Å². The van der Waals surface area contributed by atoms with Gasteiger partial charge in [0.25, 0.3) is 0 Å². The largest absolute Gasteiger partial charge is 0.481 e. The average Bonchev–Trinajstić information content (AvgIpc) is 2.98. The van der Waals surface area contributed by atoms with E-state index in [4.69, 9.17) is 5.11 Å². The van der Waals surface area contributed by atoms with Crippen molar-refractivity contribution < 1.29 is 19.5 Å². The maximum atomic E-state index is 12.9. The van der Waals surface area contributed by atoms with E-state index in [9.17, 15) is 19.2 Å². The van der Waals surface area contributed by atoms with Gasteiger partial charge in [-0.2, -0.15) is 0 Å². The Morgan fingerprint density at radius 2 is 1.84 bits per heavy atom. The lowest BCUT2D eigenvalue weighted by molar-refractivity contribution is -0.137. The number of carbonyl (C=O) groups excluding carboxylic acids is 2. The SMILES string of the molecule is Cn1c(=O)n(C2CCC(=O)CC2=O)c2ccc(N3CCN(CCCC(=O)O)CC3)cc21. The third-order valence-corrected chi connectivity index (χ3v) is 6.43. The molecule has 1 aromatic heterocycles. The van der Waals surface area contributed by atoms with Crippen LogP contribution >= 0.6 is 0 Å². The normalized spacial score (nSPS) is 20.5. The Kier molecular flexibility index (Phi) is 5.95. The van der Waals surface area contributed by atoms with Crippen LogP contribution < -0.4 is 10.6 Å². The molecule has 0 radical (unpaired) electrons. The Hall–Kier alpha value is -2.94. The van der Waals surface area contributed by atoms with Crippen LogP contribution in [0.15, 0.2) is 23.0 Å². The van der Waals surface area contributed by atoms with Crippen LogP contribution in [0.4, 0.5) is 5.69 Å². The summed E-state index contributed by atoms with van der Waals surface area (Å²) in [6.07, 6.45) is 1.46. The summed E-state index contributed by atoms with van der Waals surface area (Å²) in [4.78, 5) is 52.2. The third-order valence-electron chi connectivity index (χ3n) is 6.43. The van der Waals surface area contributed by atoms with Crippen molar-refractivity contribution in [3.8, 4) is 0 Å². The Bertz CT molecular complexity index is 1080. The fourth-order valence-corrected chi connectivity index (χ4v) is 4.67. The highest BCUT2D eigenvalue weighted by atomic mass is 16.4. The summed E-state index contributed by atoms with van der Waals surface area (Å²) in [5.41, 5.74) is 2.28. The molecule has 1 aliphatic heterocycles. The molecule has 0 bridgehead atoms. The summed E-state index contributed by atoms with van der Waals surface area (Å²) in [7, 11) is 1.71. The summed E-state index contributed by atoms with van der Waals surface area (Å²) in [5.74, 6) is -1.00. The summed E-state index contributed by atoms with van der Waals surface area (Å²) in [6, 6.07) is 5.30. The number of nitrogens with zero attached hydrogens (tertiary/aromatic N) is 4. The molecule has 1 aromatic carbocycles. The monoisotopic (exact) mass is 428 g/mol. The molecule has 1 aliphatic carbocycles. The van der Waals surface area contributed by atoms with Gasteiger partial charge in [0.2, 0.25) is 0 Å². The van der Waals surface area contributed by atoms with Crippen molar-refractivity contribution in [1.29, 1.82) is 0 Å². The first-order chi connectivity index (χ1) is 14.8. The van der Waals surface area contributed by atoms with E-state index in [1.54, 1.807) is 16.2 Å². The number of hydrogen-bond acceptors (Lipinski definition) is 6. The molecular formula is C22H28N4O5. The minimum atomic E-state index is -0.758. The van der Waals surface area contributed by atoms with Gasteiger partial charge in [-0.05, 0) is 37.6 Å². The molecule has 166 valence electrons. The topological polar surface area (TPSA) is 105 Å². The van der Waals surface area contributed by atoms with E-state index >= 15 is 0 Å². The molecule has 2 fully saturated rings. The summed E-state index contributed by atoms with van der Waals surface area (Å²) < 4.78 is 3.12. The van der Waals surface area contributed by atoms with Crippen molar-refractivity contribution in [3.63, 3.8) is 0 Å². The summed E-state index contributed by atoms with van der Waals surface area (Å²) in [5, 5.41) is 8.79. The molecule has 2 aliphatic rings. The maximum absolute atomic E-state index is 12.9. The van der Waals surface area contributed by atoms with E-state index in [0.29, 0.717) is 19.3 Å². The predicted molar refractivity (Wildman–Crippen MR) is 116 cm³/mol. The van der Waals surface area contributed by atoms with Gasteiger partial charge in [0.15, 0.2) is 5.78 Å². The minimum absolute atomic E-state index is 0.0566. The van der Waals surface area contributed by atoms with Crippen LogP contribution in [0.5, 0.6) is 0 Å². The van der Waals surface area contributed by atoms with Crippen LogP contribution in [0.3, 0.4) is 0 Å².